The molecule has 3 aromatic rings. The number of aromatic nitrogens is 2. The van der Waals surface area contributed by atoms with Gasteiger partial charge in [-0.25, -0.2) is 17.4 Å². The molecule has 3 heterocycles. The molecular weight excluding hydrogens is 453 g/mol. The van der Waals surface area contributed by atoms with Gasteiger partial charge in [0, 0.05) is 17.6 Å². The molecule has 2 aromatic heterocycles. The second kappa shape index (κ2) is 7.93. The standard InChI is InChI=1S/C23H25Cl2N3O2S/c1-14-5-7-16(8-6-14)31(29,30)28-19(12-17-21(25)18(24)13-27-22(17)28)15-9-10-26-20(11-15)23(2,3)4/h5-8,11-13,20,26H,9-10H2,1-4H3. The average molecular weight is 478 g/mol. The minimum absolute atomic E-state index is 0.0163. The second-order valence-electron chi connectivity index (χ2n) is 9.01. The molecule has 0 saturated heterocycles. The normalized spacial score (nSPS) is 17.7. The van der Waals surface area contributed by atoms with E-state index in [0.29, 0.717) is 22.5 Å². The summed E-state index contributed by atoms with van der Waals surface area (Å²) in [5.74, 6) is 0. The van der Waals surface area contributed by atoms with Gasteiger partial charge in [-0.3, -0.25) is 0 Å². The van der Waals surface area contributed by atoms with Crippen molar-refractivity contribution in [1.82, 2.24) is 14.3 Å². The smallest absolute Gasteiger partial charge is 0.269 e. The SMILES string of the molecule is Cc1ccc(S(=O)(=O)n2c(C3=CC(C(C)(C)C)NCC3)cc3c(Cl)c(Cl)cnc32)cc1. The van der Waals surface area contributed by atoms with Crippen molar-refractivity contribution < 1.29 is 8.42 Å². The van der Waals surface area contributed by atoms with Gasteiger partial charge < -0.3 is 5.32 Å². The van der Waals surface area contributed by atoms with Gasteiger partial charge in [0.1, 0.15) is 0 Å². The van der Waals surface area contributed by atoms with Gasteiger partial charge in [0.15, 0.2) is 5.65 Å². The highest BCUT2D eigenvalue weighted by atomic mass is 35.5. The first-order valence-corrected chi connectivity index (χ1v) is 12.3. The summed E-state index contributed by atoms with van der Waals surface area (Å²) in [7, 11) is -3.91. The highest BCUT2D eigenvalue weighted by Gasteiger charge is 2.30. The molecule has 0 aliphatic carbocycles. The average Bonchev–Trinajstić information content (AvgIpc) is 3.12. The van der Waals surface area contributed by atoms with E-state index in [-0.39, 0.29) is 27.0 Å². The predicted molar refractivity (Wildman–Crippen MR) is 127 cm³/mol. The topological polar surface area (TPSA) is 64.0 Å². The van der Waals surface area contributed by atoms with Gasteiger partial charge in [-0.1, -0.05) is 67.7 Å². The minimum atomic E-state index is -3.91. The van der Waals surface area contributed by atoms with Crippen LogP contribution in [0.25, 0.3) is 16.6 Å². The molecule has 1 atom stereocenters. The third-order valence-electron chi connectivity index (χ3n) is 5.63. The number of hydrogen-bond acceptors (Lipinski definition) is 4. The summed E-state index contributed by atoms with van der Waals surface area (Å²) >= 11 is 12.6. The van der Waals surface area contributed by atoms with Gasteiger partial charge in [-0.2, -0.15) is 0 Å². The van der Waals surface area contributed by atoms with Crippen molar-refractivity contribution in [2.45, 2.75) is 45.1 Å². The maximum absolute atomic E-state index is 13.8. The van der Waals surface area contributed by atoms with Crippen LogP contribution in [0.3, 0.4) is 0 Å². The molecule has 0 fully saturated rings. The number of aryl methyl sites for hydroxylation is 1. The van der Waals surface area contributed by atoms with Crippen molar-refractivity contribution in [3.63, 3.8) is 0 Å². The lowest BCUT2D eigenvalue weighted by Crippen LogP contribution is -2.41. The molecule has 8 heteroatoms. The van der Waals surface area contributed by atoms with Gasteiger partial charge in [0.2, 0.25) is 0 Å². The summed E-state index contributed by atoms with van der Waals surface area (Å²) in [5.41, 5.74) is 2.76. The Morgan fingerprint density at radius 1 is 1.16 bits per heavy atom. The van der Waals surface area contributed by atoms with E-state index in [1.54, 1.807) is 30.3 Å². The Bertz CT molecular complexity index is 1290. The molecule has 0 saturated carbocycles. The summed E-state index contributed by atoms with van der Waals surface area (Å²) in [5, 5.41) is 4.62. The van der Waals surface area contributed by atoms with E-state index < -0.39 is 10.0 Å². The lowest BCUT2D eigenvalue weighted by atomic mass is 9.83. The Balaban J connectivity index is 2.01. The fourth-order valence-corrected chi connectivity index (χ4v) is 5.66. The number of halogens is 2. The largest absolute Gasteiger partial charge is 0.310 e. The molecule has 1 aromatic carbocycles. The van der Waals surface area contributed by atoms with E-state index in [1.807, 2.05) is 6.92 Å². The minimum Gasteiger partial charge on any atom is -0.310 e. The lowest BCUT2D eigenvalue weighted by Gasteiger charge is -2.33. The summed E-state index contributed by atoms with van der Waals surface area (Å²) in [6.45, 7) is 9.13. The number of fused-ring (bicyclic) bond motifs is 1. The molecular formula is C23H25Cl2N3O2S. The van der Waals surface area contributed by atoms with Crippen LogP contribution in [-0.2, 0) is 10.0 Å². The van der Waals surface area contributed by atoms with Crippen molar-refractivity contribution in [3.05, 3.63) is 63.9 Å². The lowest BCUT2D eigenvalue weighted by molar-refractivity contribution is 0.310. The fourth-order valence-electron chi connectivity index (χ4n) is 3.83. The van der Waals surface area contributed by atoms with E-state index in [0.717, 1.165) is 17.7 Å². The third-order valence-corrected chi connectivity index (χ3v) is 8.14. The van der Waals surface area contributed by atoms with E-state index in [4.69, 9.17) is 23.2 Å². The van der Waals surface area contributed by atoms with E-state index in [2.05, 4.69) is 37.1 Å². The Labute approximate surface area is 193 Å². The van der Waals surface area contributed by atoms with Crippen molar-refractivity contribution >= 4 is 49.8 Å². The first-order chi connectivity index (χ1) is 14.5. The van der Waals surface area contributed by atoms with Gasteiger partial charge >= 0.3 is 0 Å². The van der Waals surface area contributed by atoms with E-state index >= 15 is 0 Å². The molecule has 164 valence electrons. The fraction of sp³-hybridized carbons (Fsp3) is 0.348. The molecule has 31 heavy (non-hydrogen) atoms. The number of benzene rings is 1. The molecule has 0 amide bonds. The van der Waals surface area contributed by atoms with Gasteiger partial charge in [0.05, 0.1) is 20.6 Å². The van der Waals surface area contributed by atoms with Crippen LogP contribution in [0.2, 0.25) is 10.0 Å². The zero-order chi connectivity index (χ0) is 22.6. The van der Waals surface area contributed by atoms with Crippen molar-refractivity contribution in [3.8, 4) is 0 Å². The first-order valence-electron chi connectivity index (χ1n) is 10.1. The maximum Gasteiger partial charge on any atom is 0.269 e. The highest BCUT2D eigenvalue weighted by molar-refractivity contribution is 7.90. The van der Waals surface area contributed by atoms with Crippen molar-refractivity contribution in [1.29, 1.82) is 0 Å². The molecule has 1 unspecified atom stereocenters. The van der Waals surface area contributed by atoms with Crippen LogP contribution in [0.5, 0.6) is 0 Å². The molecule has 0 bridgehead atoms. The zero-order valence-corrected chi connectivity index (χ0v) is 20.2. The van der Waals surface area contributed by atoms with Crippen LogP contribution < -0.4 is 5.32 Å². The van der Waals surface area contributed by atoms with Crippen molar-refractivity contribution in [2.75, 3.05) is 6.54 Å². The molecule has 0 radical (unpaired) electrons. The van der Waals surface area contributed by atoms with Crippen LogP contribution in [0.4, 0.5) is 0 Å². The monoisotopic (exact) mass is 477 g/mol. The number of nitrogens with one attached hydrogen (secondary N) is 1. The van der Waals surface area contributed by atoms with Crippen LogP contribution in [-0.4, -0.2) is 30.0 Å². The molecule has 5 nitrogen and oxygen atoms in total. The molecule has 4 rings (SSSR count). The zero-order valence-electron chi connectivity index (χ0n) is 17.9. The first kappa shape index (κ1) is 22.3. The third kappa shape index (κ3) is 4.02. The quantitative estimate of drug-likeness (QED) is 0.526. The maximum atomic E-state index is 13.8. The number of pyridine rings is 1. The number of rotatable bonds is 3. The van der Waals surface area contributed by atoms with Gasteiger partial charge in [-0.05, 0) is 49.1 Å². The Hall–Kier alpha value is -1.86. The predicted octanol–water partition coefficient (Wildman–Crippen LogP) is 5.68. The van der Waals surface area contributed by atoms with Gasteiger partial charge in [0.25, 0.3) is 10.0 Å². The van der Waals surface area contributed by atoms with Crippen LogP contribution in [0, 0.1) is 12.3 Å². The summed E-state index contributed by atoms with van der Waals surface area (Å²) in [4.78, 5) is 4.56. The van der Waals surface area contributed by atoms with Crippen LogP contribution in [0.15, 0.2) is 47.5 Å². The Morgan fingerprint density at radius 2 is 1.84 bits per heavy atom. The number of hydrogen-bond donors (Lipinski definition) is 1. The Morgan fingerprint density at radius 3 is 2.48 bits per heavy atom. The molecule has 1 aliphatic heterocycles. The molecule has 1 N–H and O–H groups in total. The molecule has 1 aliphatic rings. The molecule has 0 spiro atoms. The second-order valence-corrected chi connectivity index (χ2v) is 11.6. The van der Waals surface area contributed by atoms with E-state index in [1.165, 1.54) is 10.2 Å². The number of nitrogens with zero attached hydrogens (tertiary/aromatic N) is 2. The summed E-state index contributed by atoms with van der Waals surface area (Å²) in [6, 6.07) is 8.71. The van der Waals surface area contributed by atoms with Crippen LogP contribution in [0.1, 0.15) is 38.4 Å². The van der Waals surface area contributed by atoms with Crippen molar-refractivity contribution in [2.24, 2.45) is 5.41 Å². The summed E-state index contributed by atoms with van der Waals surface area (Å²) < 4.78 is 28.8. The van der Waals surface area contributed by atoms with Gasteiger partial charge in [-0.15, -0.1) is 0 Å². The Kier molecular flexibility index (Phi) is 5.71. The summed E-state index contributed by atoms with van der Waals surface area (Å²) in [6.07, 6.45) is 4.21. The highest BCUT2D eigenvalue weighted by Crippen LogP contribution is 2.38. The van der Waals surface area contributed by atoms with E-state index in [9.17, 15) is 8.42 Å². The van der Waals surface area contributed by atoms with Crippen LogP contribution >= 0.6 is 23.2 Å².